The molecule has 4 aliphatic carbocycles. The lowest BCUT2D eigenvalue weighted by atomic mass is 9.47. The van der Waals surface area contributed by atoms with E-state index in [1.54, 1.807) is 0 Å². The molecule has 1 aromatic heterocycles. The van der Waals surface area contributed by atoms with Crippen LogP contribution in [0.1, 0.15) is 55.3 Å². The highest BCUT2D eigenvalue weighted by atomic mass is 14.7. The van der Waals surface area contributed by atoms with Crippen molar-refractivity contribution in [2.75, 3.05) is 0 Å². The van der Waals surface area contributed by atoms with Gasteiger partial charge in [0.25, 0.3) is 0 Å². The highest BCUT2D eigenvalue weighted by Gasteiger charge is 2.52. The average molecular weight is 252 g/mol. The highest BCUT2D eigenvalue weighted by Crippen LogP contribution is 2.61. The molecule has 5 rings (SSSR count). The fraction of sp³-hybridized carbons (Fsp3) is 0.647. The summed E-state index contributed by atoms with van der Waals surface area (Å²) in [5, 5.41) is 9.21. The van der Waals surface area contributed by atoms with Crippen LogP contribution >= 0.6 is 0 Å². The number of hydrogen-bond donors (Lipinski definition) is 0. The van der Waals surface area contributed by atoms with Gasteiger partial charge in [0, 0.05) is 6.20 Å². The van der Waals surface area contributed by atoms with Crippen LogP contribution < -0.4 is 0 Å². The summed E-state index contributed by atoms with van der Waals surface area (Å²) in [5.41, 5.74) is 3.60. The molecule has 98 valence electrons. The molecule has 4 aliphatic rings. The quantitative estimate of drug-likeness (QED) is 0.763. The molecular formula is C17H20N2. The maximum Gasteiger partial charge on any atom is 0.143 e. The summed E-state index contributed by atoms with van der Waals surface area (Å²) in [7, 11) is 0. The number of hydrogen-bond acceptors (Lipinski definition) is 2. The van der Waals surface area contributed by atoms with Gasteiger partial charge in [-0.3, -0.25) is 0 Å². The van der Waals surface area contributed by atoms with Crippen LogP contribution in [-0.4, -0.2) is 4.98 Å². The highest BCUT2D eigenvalue weighted by molar-refractivity contribution is 5.42. The van der Waals surface area contributed by atoms with Crippen LogP contribution in [-0.2, 0) is 5.41 Å². The molecule has 1 aromatic rings. The normalized spacial score (nSPS) is 39.3. The maximum atomic E-state index is 9.21. The second-order valence-corrected chi connectivity index (χ2v) is 7.14. The molecule has 0 unspecified atom stereocenters. The van der Waals surface area contributed by atoms with Crippen molar-refractivity contribution < 1.29 is 0 Å². The number of rotatable bonds is 1. The summed E-state index contributed by atoms with van der Waals surface area (Å²) in [6.45, 7) is 2.10. The van der Waals surface area contributed by atoms with Gasteiger partial charge in [-0.25, -0.2) is 4.98 Å². The van der Waals surface area contributed by atoms with Crippen molar-refractivity contribution >= 4 is 0 Å². The minimum Gasteiger partial charge on any atom is -0.245 e. The third-order valence-corrected chi connectivity index (χ3v) is 5.92. The van der Waals surface area contributed by atoms with Gasteiger partial charge in [-0.1, -0.05) is 0 Å². The lowest BCUT2D eigenvalue weighted by Gasteiger charge is -2.57. The molecule has 0 aromatic carbocycles. The molecule has 0 spiro atoms. The van der Waals surface area contributed by atoms with Gasteiger partial charge in [-0.15, -0.1) is 0 Å². The Labute approximate surface area is 114 Å². The zero-order chi connectivity index (χ0) is 13.0. The van der Waals surface area contributed by atoms with Crippen LogP contribution in [0, 0.1) is 36.0 Å². The van der Waals surface area contributed by atoms with Gasteiger partial charge < -0.3 is 0 Å². The third kappa shape index (κ3) is 1.57. The molecule has 0 saturated heterocycles. The van der Waals surface area contributed by atoms with E-state index in [0.29, 0.717) is 11.1 Å². The average Bonchev–Trinajstić information content (AvgIpc) is 2.37. The SMILES string of the molecule is Cc1c(C23CC4CC(CC(C4)C2)C3)ccnc1C#N. The lowest BCUT2D eigenvalue weighted by molar-refractivity contribution is -0.00551. The second kappa shape index (κ2) is 3.82. The van der Waals surface area contributed by atoms with Gasteiger partial charge in [0.1, 0.15) is 11.8 Å². The first kappa shape index (κ1) is 11.5. The zero-order valence-electron chi connectivity index (χ0n) is 11.5. The van der Waals surface area contributed by atoms with E-state index < -0.39 is 0 Å². The lowest BCUT2D eigenvalue weighted by Crippen LogP contribution is -2.48. The molecule has 0 atom stereocenters. The molecule has 2 nitrogen and oxygen atoms in total. The topological polar surface area (TPSA) is 36.7 Å². The zero-order valence-corrected chi connectivity index (χ0v) is 11.5. The molecule has 1 heterocycles. The Morgan fingerprint density at radius 2 is 1.74 bits per heavy atom. The molecule has 0 radical (unpaired) electrons. The molecule has 19 heavy (non-hydrogen) atoms. The van der Waals surface area contributed by atoms with Gasteiger partial charge >= 0.3 is 0 Å². The van der Waals surface area contributed by atoms with Crippen molar-refractivity contribution in [1.82, 2.24) is 4.98 Å². The Balaban J connectivity index is 1.82. The van der Waals surface area contributed by atoms with E-state index in [-0.39, 0.29) is 0 Å². The van der Waals surface area contributed by atoms with Crippen LogP contribution in [0.25, 0.3) is 0 Å². The van der Waals surface area contributed by atoms with E-state index in [2.05, 4.69) is 24.0 Å². The fourth-order valence-corrected chi connectivity index (χ4v) is 5.66. The first-order chi connectivity index (χ1) is 9.20. The van der Waals surface area contributed by atoms with E-state index in [9.17, 15) is 5.26 Å². The molecule has 4 saturated carbocycles. The fourth-order valence-electron chi connectivity index (χ4n) is 5.66. The summed E-state index contributed by atoms with van der Waals surface area (Å²) < 4.78 is 0. The predicted octanol–water partition coefficient (Wildman–Crippen LogP) is 3.73. The third-order valence-electron chi connectivity index (χ3n) is 5.92. The minimum atomic E-state index is 0.382. The number of pyridine rings is 1. The van der Waals surface area contributed by atoms with Crippen LogP contribution in [0.2, 0.25) is 0 Å². The van der Waals surface area contributed by atoms with Crippen molar-refractivity contribution in [1.29, 1.82) is 5.26 Å². The second-order valence-electron chi connectivity index (χ2n) is 7.14. The Morgan fingerprint density at radius 3 is 2.26 bits per heavy atom. The van der Waals surface area contributed by atoms with Crippen LogP contribution in [0.15, 0.2) is 12.3 Å². The van der Waals surface area contributed by atoms with Crippen molar-refractivity contribution in [3.63, 3.8) is 0 Å². The number of aromatic nitrogens is 1. The first-order valence-electron chi connectivity index (χ1n) is 7.56. The van der Waals surface area contributed by atoms with Gasteiger partial charge in [0.05, 0.1) is 0 Å². The Bertz CT molecular complexity index is 532. The summed E-state index contributed by atoms with van der Waals surface area (Å²) in [4.78, 5) is 4.22. The first-order valence-corrected chi connectivity index (χ1v) is 7.56. The Morgan fingerprint density at radius 1 is 1.16 bits per heavy atom. The van der Waals surface area contributed by atoms with E-state index in [1.807, 2.05) is 6.20 Å². The number of nitriles is 1. The smallest absolute Gasteiger partial charge is 0.143 e. The molecule has 0 aliphatic heterocycles. The molecular weight excluding hydrogens is 232 g/mol. The summed E-state index contributed by atoms with van der Waals surface area (Å²) in [5.74, 6) is 2.85. The van der Waals surface area contributed by atoms with Crippen molar-refractivity contribution in [2.24, 2.45) is 17.8 Å². The van der Waals surface area contributed by atoms with Gasteiger partial charge in [-0.05, 0) is 85.8 Å². The van der Waals surface area contributed by atoms with Crippen molar-refractivity contribution in [3.8, 4) is 6.07 Å². The molecule has 0 amide bonds. The summed E-state index contributed by atoms with van der Waals surface area (Å²) >= 11 is 0. The van der Waals surface area contributed by atoms with Crippen LogP contribution in [0.5, 0.6) is 0 Å². The molecule has 2 heteroatoms. The Kier molecular flexibility index (Phi) is 2.31. The monoisotopic (exact) mass is 252 g/mol. The van der Waals surface area contributed by atoms with Crippen LogP contribution in [0.3, 0.4) is 0 Å². The van der Waals surface area contributed by atoms with Gasteiger partial charge in [0.15, 0.2) is 0 Å². The van der Waals surface area contributed by atoms with E-state index in [1.165, 1.54) is 44.1 Å². The largest absolute Gasteiger partial charge is 0.245 e. The van der Waals surface area contributed by atoms with E-state index >= 15 is 0 Å². The molecule has 0 N–H and O–H groups in total. The summed E-state index contributed by atoms with van der Waals surface area (Å²) in [6, 6.07) is 4.45. The predicted molar refractivity (Wildman–Crippen MR) is 73.5 cm³/mol. The summed E-state index contributed by atoms with van der Waals surface area (Å²) in [6.07, 6.45) is 10.3. The van der Waals surface area contributed by atoms with E-state index in [0.717, 1.165) is 23.3 Å². The minimum absolute atomic E-state index is 0.382. The standard InChI is InChI=1S/C17H20N2/c1-11-15(2-3-19-16(11)10-18)17-7-12-4-13(8-17)6-14(5-12)9-17/h2-3,12-14H,4-9H2,1H3. The van der Waals surface area contributed by atoms with Gasteiger partial charge in [-0.2, -0.15) is 5.26 Å². The molecule has 4 bridgehead atoms. The van der Waals surface area contributed by atoms with Crippen molar-refractivity contribution in [3.05, 3.63) is 29.1 Å². The molecule has 4 fully saturated rings. The Hall–Kier alpha value is -1.36. The van der Waals surface area contributed by atoms with Crippen molar-refractivity contribution in [2.45, 2.75) is 50.9 Å². The number of nitrogens with zero attached hydrogens (tertiary/aromatic N) is 2. The van der Waals surface area contributed by atoms with Crippen LogP contribution in [0.4, 0.5) is 0 Å². The van der Waals surface area contributed by atoms with E-state index in [4.69, 9.17) is 0 Å². The maximum absolute atomic E-state index is 9.21. The van der Waals surface area contributed by atoms with Gasteiger partial charge in [0.2, 0.25) is 0 Å².